The standard InChI is InChI=1S/C16H20O4S/c17-16(14-8-9-21(18,19)11-14)20-10-13-6-3-5-12-4-1-2-7-15(12)13/h1-2,4,7,13-14H,3,5-6,8-11H2/t13-,14+/m1/s1. The Balaban J connectivity index is 1.60. The Bertz CT molecular complexity index is 635. The molecular formula is C16H20O4S. The molecule has 1 saturated heterocycles. The van der Waals surface area contributed by atoms with Gasteiger partial charge in [-0.15, -0.1) is 0 Å². The Labute approximate surface area is 125 Å². The summed E-state index contributed by atoms with van der Waals surface area (Å²) in [5.41, 5.74) is 2.61. The van der Waals surface area contributed by atoms with Crippen LogP contribution in [0.1, 0.15) is 36.3 Å². The second-order valence-electron chi connectivity index (χ2n) is 6.02. The Morgan fingerprint density at radius 1 is 1.24 bits per heavy atom. The monoisotopic (exact) mass is 308 g/mol. The van der Waals surface area contributed by atoms with Crippen molar-refractivity contribution in [1.82, 2.24) is 0 Å². The normalized spacial score (nSPS) is 27.0. The SMILES string of the molecule is O=C(OC[C@H]1CCCc2ccccc21)[C@H]1CCS(=O)(=O)C1. The fourth-order valence-corrected chi connectivity index (χ4v) is 5.04. The van der Waals surface area contributed by atoms with E-state index in [-0.39, 0.29) is 23.4 Å². The number of fused-ring (bicyclic) bond motifs is 1. The van der Waals surface area contributed by atoms with Crippen molar-refractivity contribution in [2.24, 2.45) is 5.92 Å². The van der Waals surface area contributed by atoms with Gasteiger partial charge in [-0.1, -0.05) is 24.3 Å². The molecule has 0 saturated carbocycles. The van der Waals surface area contributed by atoms with Gasteiger partial charge >= 0.3 is 5.97 Å². The molecule has 1 heterocycles. The molecule has 1 aliphatic heterocycles. The maximum atomic E-state index is 12.0. The van der Waals surface area contributed by atoms with Crippen LogP contribution < -0.4 is 0 Å². The molecule has 0 unspecified atom stereocenters. The van der Waals surface area contributed by atoms with Gasteiger partial charge in [0, 0.05) is 5.92 Å². The number of hydrogen-bond acceptors (Lipinski definition) is 4. The fraction of sp³-hybridized carbons (Fsp3) is 0.562. The maximum Gasteiger partial charge on any atom is 0.310 e. The van der Waals surface area contributed by atoms with E-state index in [0.29, 0.717) is 13.0 Å². The number of hydrogen-bond donors (Lipinski definition) is 0. The second-order valence-corrected chi connectivity index (χ2v) is 8.25. The van der Waals surface area contributed by atoms with E-state index in [1.54, 1.807) is 0 Å². The third-order valence-corrected chi connectivity index (χ3v) is 6.25. The van der Waals surface area contributed by atoms with Crippen LogP contribution in [0.3, 0.4) is 0 Å². The van der Waals surface area contributed by atoms with Gasteiger partial charge in [-0.2, -0.15) is 0 Å². The summed E-state index contributed by atoms with van der Waals surface area (Å²) in [6.45, 7) is 0.367. The molecule has 0 N–H and O–H groups in total. The molecule has 1 fully saturated rings. The van der Waals surface area contributed by atoms with E-state index in [2.05, 4.69) is 12.1 Å². The van der Waals surface area contributed by atoms with Gasteiger partial charge in [0.25, 0.3) is 0 Å². The summed E-state index contributed by atoms with van der Waals surface area (Å²) >= 11 is 0. The lowest BCUT2D eigenvalue weighted by atomic mass is 9.83. The largest absolute Gasteiger partial charge is 0.465 e. The first-order chi connectivity index (χ1) is 10.1. The van der Waals surface area contributed by atoms with Crippen molar-refractivity contribution in [3.63, 3.8) is 0 Å². The van der Waals surface area contributed by atoms with Crippen LogP contribution in [0.2, 0.25) is 0 Å². The van der Waals surface area contributed by atoms with Gasteiger partial charge in [-0.25, -0.2) is 8.42 Å². The number of rotatable bonds is 3. The molecule has 21 heavy (non-hydrogen) atoms. The zero-order valence-electron chi connectivity index (χ0n) is 12.0. The fourth-order valence-electron chi connectivity index (χ4n) is 3.31. The predicted molar refractivity (Wildman–Crippen MR) is 79.8 cm³/mol. The van der Waals surface area contributed by atoms with Crippen LogP contribution in [0.25, 0.3) is 0 Å². The summed E-state index contributed by atoms with van der Waals surface area (Å²) in [7, 11) is -3.03. The van der Waals surface area contributed by atoms with Crippen LogP contribution in [0.5, 0.6) is 0 Å². The Morgan fingerprint density at radius 3 is 2.81 bits per heavy atom. The number of ether oxygens (including phenoxy) is 1. The van der Waals surface area contributed by atoms with Crippen LogP contribution in [0, 0.1) is 5.92 Å². The molecule has 1 aromatic carbocycles. The zero-order chi connectivity index (χ0) is 14.9. The van der Waals surface area contributed by atoms with Crippen molar-refractivity contribution in [3.05, 3.63) is 35.4 Å². The molecule has 0 radical (unpaired) electrons. The summed E-state index contributed by atoms with van der Waals surface area (Å²) in [4.78, 5) is 12.0. The van der Waals surface area contributed by atoms with E-state index in [1.807, 2.05) is 12.1 Å². The molecular weight excluding hydrogens is 288 g/mol. The van der Waals surface area contributed by atoms with Crippen molar-refractivity contribution < 1.29 is 17.9 Å². The Hall–Kier alpha value is -1.36. The summed E-state index contributed by atoms with van der Waals surface area (Å²) in [5.74, 6) is -0.503. The van der Waals surface area contributed by atoms with Crippen LogP contribution in [0.4, 0.5) is 0 Å². The van der Waals surface area contributed by atoms with Crippen molar-refractivity contribution in [2.45, 2.75) is 31.6 Å². The van der Waals surface area contributed by atoms with E-state index in [0.717, 1.165) is 19.3 Å². The molecule has 3 rings (SSSR count). The smallest absolute Gasteiger partial charge is 0.310 e. The highest BCUT2D eigenvalue weighted by Crippen LogP contribution is 2.32. The Kier molecular flexibility index (Phi) is 4.02. The minimum absolute atomic E-state index is 0.0485. The van der Waals surface area contributed by atoms with Crippen LogP contribution in [0.15, 0.2) is 24.3 Å². The van der Waals surface area contributed by atoms with Gasteiger partial charge in [0.2, 0.25) is 0 Å². The molecule has 2 aliphatic rings. The number of esters is 1. The first kappa shape index (κ1) is 14.6. The number of carbonyl (C=O) groups is 1. The third-order valence-electron chi connectivity index (χ3n) is 4.49. The van der Waals surface area contributed by atoms with E-state index < -0.39 is 15.8 Å². The minimum atomic E-state index is -3.03. The van der Waals surface area contributed by atoms with Crippen LogP contribution in [-0.2, 0) is 25.8 Å². The summed E-state index contributed by atoms with van der Waals surface area (Å²) in [5, 5.41) is 0. The van der Waals surface area contributed by atoms with Gasteiger partial charge in [-0.3, -0.25) is 4.79 Å². The number of sulfone groups is 1. The van der Waals surface area contributed by atoms with E-state index in [9.17, 15) is 13.2 Å². The zero-order valence-corrected chi connectivity index (χ0v) is 12.8. The van der Waals surface area contributed by atoms with Gasteiger partial charge in [0.05, 0.1) is 24.0 Å². The van der Waals surface area contributed by atoms with Crippen LogP contribution >= 0.6 is 0 Å². The quantitative estimate of drug-likeness (QED) is 0.802. The predicted octanol–water partition coefficient (Wildman–Crippen LogP) is 2.08. The third kappa shape index (κ3) is 3.28. The molecule has 0 spiro atoms. The number of benzene rings is 1. The first-order valence-electron chi connectivity index (χ1n) is 7.50. The van der Waals surface area contributed by atoms with Gasteiger partial charge < -0.3 is 4.74 Å². The Morgan fingerprint density at radius 2 is 2.05 bits per heavy atom. The van der Waals surface area contributed by atoms with E-state index in [1.165, 1.54) is 11.1 Å². The molecule has 2 atom stereocenters. The molecule has 114 valence electrons. The second kappa shape index (κ2) is 5.79. The van der Waals surface area contributed by atoms with E-state index in [4.69, 9.17) is 4.74 Å². The highest BCUT2D eigenvalue weighted by atomic mass is 32.2. The van der Waals surface area contributed by atoms with E-state index >= 15 is 0 Å². The van der Waals surface area contributed by atoms with Crippen molar-refractivity contribution >= 4 is 15.8 Å². The minimum Gasteiger partial charge on any atom is -0.465 e. The molecule has 0 bridgehead atoms. The van der Waals surface area contributed by atoms with Gasteiger partial charge in [0.1, 0.15) is 0 Å². The molecule has 1 aromatic rings. The lowest BCUT2D eigenvalue weighted by Gasteiger charge is -2.25. The molecule has 0 amide bonds. The highest BCUT2D eigenvalue weighted by Gasteiger charge is 2.34. The highest BCUT2D eigenvalue weighted by molar-refractivity contribution is 7.91. The molecule has 0 aromatic heterocycles. The molecule has 4 nitrogen and oxygen atoms in total. The average Bonchev–Trinajstić information content (AvgIpc) is 2.85. The van der Waals surface area contributed by atoms with Crippen molar-refractivity contribution in [1.29, 1.82) is 0 Å². The topological polar surface area (TPSA) is 60.4 Å². The first-order valence-corrected chi connectivity index (χ1v) is 9.32. The summed E-state index contributed by atoms with van der Waals surface area (Å²) in [6.07, 6.45) is 3.62. The van der Waals surface area contributed by atoms with Gasteiger partial charge in [-0.05, 0) is 36.8 Å². The van der Waals surface area contributed by atoms with Gasteiger partial charge in [0.15, 0.2) is 9.84 Å². The van der Waals surface area contributed by atoms with Crippen LogP contribution in [-0.4, -0.2) is 32.5 Å². The molecule has 5 heteroatoms. The summed E-state index contributed by atoms with van der Waals surface area (Å²) < 4.78 is 28.2. The number of aryl methyl sites for hydroxylation is 1. The number of carbonyl (C=O) groups excluding carboxylic acids is 1. The lowest BCUT2D eigenvalue weighted by Crippen LogP contribution is -2.23. The maximum absolute atomic E-state index is 12.0. The average molecular weight is 308 g/mol. The molecule has 1 aliphatic carbocycles. The van der Waals surface area contributed by atoms with Crippen molar-refractivity contribution in [3.8, 4) is 0 Å². The lowest BCUT2D eigenvalue weighted by molar-refractivity contribution is -0.148. The summed E-state index contributed by atoms with van der Waals surface area (Å²) in [6, 6.07) is 8.29. The van der Waals surface area contributed by atoms with Crippen molar-refractivity contribution in [2.75, 3.05) is 18.1 Å².